The van der Waals surface area contributed by atoms with E-state index in [-0.39, 0.29) is 11.7 Å². The highest BCUT2D eigenvalue weighted by molar-refractivity contribution is 5.89. The largest absolute Gasteiger partial charge is 0.478 e. The standard InChI is InChI=1S/C16H14O3/c17-15-7-5-12-8-11(4-6-14(12)15)10-2-1-3-13(9-10)16(18)19/h1-4,6,8-9,15,17H,5,7H2,(H,18,19). The van der Waals surface area contributed by atoms with E-state index in [1.165, 1.54) is 0 Å². The Balaban J connectivity index is 2.03. The highest BCUT2D eigenvalue weighted by Gasteiger charge is 2.20. The number of benzene rings is 2. The van der Waals surface area contributed by atoms with Gasteiger partial charge in [-0.25, -0.2) is 4.79 Å². The molecule has 3 rings (SSSR count). The zero-order valence-corrected chi connectivity index (χ0v) is 10.3. The molecular formula is C16H14O3. The summed E-state index contributed by atoms with van der Waals surface area (Å²) in [5, 5.41) is 18.8. The Morgan fingerprint density at radius 2 is 1.89 bits per heavy atom. The Hall–Kier alpha value is -2.13. The minimum atomic E-state index is -0.918. The number of carboxylic acid groups (broad SMARTS) is 1. The van der Waals surface area contributed by atoms with Crippen LogP contribution in [0.2, 0.25) is 0 Å². The first-order valence-electron chi connectivity index (χ1n) is 6.30. The summed E-state index contributed by atoms with van der Waals surface area (Å²) < 4.78 is 0. The molecule has 1 unspecified atom stereocenters. The van der Waals surface area contributed by atoms with Crippen LogP contribution in [0, 0.1) is 0 Å². The Morgan fingerprint density at radius 3 is 2.68 bits per heavy atom. The molecule has 0 saturated carbocycles. The molecule has 0 radical (unpaired) electrons. The molecule has 0 aromatic heterocycles. The average molecular weight is 254 g/mol. The van der Waals surface area contributed by atoms with Gasteiger partial charge in [0.15, 0.2) is 0 Å². The van der Waals surface area contributed by atoms with E-state index in [0.717, 1.165) is 35.1 Å². The minimum Gasteiger partial charge on any atom is -0.478 e. The number of carbonyl (C=O) groups is 1. The van der Waals surface area contributed by atoms with Crippen LogP contribution in [0.4, 0.5) is 0 Å². The van der Waals surface area contributed by atoms with Crippen LogP contribution >= 0.6 is 0 Å². The summed E-state index contributed by atoms with van der Waals surface area (Å²) >= 11 is 0. The topological polar surface area (TPSA) is 57.5 Å². The van der Waals surface area contributed by atoms with Gasteiger partial charge in [-0.1, -0.05) is 30.3 Å². The molecule has 0 spiro atoms. The molecule has 3 heteroatoms. The van der Waals surface area contributed by atoms with E-state index in [0.29, 0.717) is 0 Å². The van der Waals surface area contributed by atoms with Crippen LogP contribution in [0.5, 0.6) is 0 Å². The molecule has 0 saturated heterocycles. The van der Waals surface area contributed by atoms with Gasteiger partial charge >= 0.3 is 5.97 Å². The molecule has 3 nitrogen and oxygen atoms in total. The molecule has 0 fully saturated rings. The van der Waals surface area contributed by atoms with Crippen molar-refractivity contribution in [3.8, 4) is 11.1 Å². The van der Waals surface area contributed by atoms with Gasteiger partial charge in [0.05, 0.1) is 11.7 Å². The van der Waals surface area contributed by atoms with Crippen molar-refractivity contribution in [1.29, 1.82) is 0 Å². The van der Waals surface area contributed by atoms with Crippen LogP contribution in [0.1, 0.15) is 34.0 Å². The third-order valence-electron chi connectivity index (χ3n) is 3.63. The van der Waals surface area contributed by atoms with Crippen LogP contribution in [0.15, 0.2) is 42.5 Å². The Morgan fingerprint density at radius 1 is 1.11 bits per heavy atom. The lowest BCUT2D eigenvalue weighted by Crippen LogP contribution is -1.96. The van der Waals surface area contributed by atoms with Gasteiger partial charge < -0.3 is 10.2 Å². The van der Waals surface area contributed by atoms with Crippen LogP contribution < -0.4 is 0 Å². The zero-order valence-electron chi connectivity index (χ0n) is 10.3. The maximum Gasteiger partial charge on any atom is 0.335 e. The number of aliphatic hydroxyl groups is 1. The van der Waals surface area contributed by atoms with Gasteiger partial charge in [0, 0.05) is 0 Å². The van der Waals surface area contributed by atoms with E-state index >= 15 is 0 Å². The molecule has 2 N–H and O–H groups in total. The summed E-state index contributed by atoms with van der Waals surface area (Å²) in [5.41, 5.74) is 4.34. The predicted molar refractivity (Wildman–Crippen MR) is 72.1 cm³/mol. The molecule has 2 aromatic carbocycles. The predicted octanol–water partition coefficient (Wildman–Crippen LogP) is 3.03. The lowest BCUT2D eigenvalue weighted by Gasteiger charge is -2.07. The van der Waals surface area contributed by atoms with E-state index in [2.05, 4.69) is 0 Å². The van der Waals surface area contributed by atoms with Gasteiger partial charge in [-0.05, 0) is 47.2 Å². The fourth-order valence-electron chi connectivity index (χ4n) is 2.61. The highest BCUT2D eigenvalue weighted by Crippen LogP contribution is 2.34. The minimum absolute atomic E-state index is 0.290. The van der Waals surface area contributed by atoms with Gasteiger partial charge in [0.1, 0.15) is 0 Å². The fraction of sp³-hybridized carbons (Fsp3) is 0.188. The highest BCUT2D eigenvalue weighted by atomic mass is 16.4. The summed E-state index contributed by atoms with van der Waals surface area (Å²) in [5.74, 6) is -0.918. The van der Waals surface area contributed by atoms with Crippen molar-refractivity contribution in [3.63, 3.8) is 0 Å². The van der Waals surface area contributed by atoms with E-state index in [1.807, 2.05) is 24.3 Å². The quantitative estimate of drug-likeness (QED) is 0.866. The van der Waals surface area contributed by atoms with Gasteiger partial charge in [-0.15, -0.1) is 0 Å². The van der Waals surface area contributed by atoms with E-state index in [4.69, 9.17) is 5.11 Å². The van der Waals surface area contributed by atoms with E-state index < -0.39 is 5.97 Å². The number of aliphatic hydroxyl groups excluding tert-OH is 1. The molecular weight excluding hydrogens is 240 g/mol. The van der Waals surface area contributed by atoms with Gasteiger partial charge in [0.25, 0.3) is 0 Å². The van der Waals surface area contributed by atoms with Crippen molar-refractivity contribution in [1.82, 2.24) is 0 Å². The Labute approximate surface area is 111 Å². The van der Waals surface area contributed by atoms with Gasteiger partial charge in [-0.3, -0.25) is 0 Å². The second-order valence-electron chi connectivity index (χ2n) is 4.85. The second kappa shape index (κ2) is 4.52. The first-order valence-corrected chi connectivity index (χ1v) is 6.30. The van der Waals surface area contributed by atoms with Crippen LogP contribution in [-0.4, -0.2) is 16.2 Å². The lowest BCUT2D eigenvalue weighted by atomic mass is 9.99. The average Bonchev–Trinajstić information content (AvgIpc) is 2.80. The molecule has 0 bridgehead atoms. The van der Waals surface area contributed by atoms with Crippen molar-refractivity contribution in [3.05, 3.63) is 59.2 Å². The lowest BCUT2D eigenvalue weighted by molar-refractivity contribution is 0.0697. The van der Waals surface area contributed by atoms with Crippen molar-refractivity contribution >= 4 is 5.97 Å². The Bertz CT molecular complexity index is 646. The van der Waals surface area contributed by atoms with Gasteiger partial charge in [-0.2, -0.15) is 0 Å². The maximum absolute atomic E-state index is 11.0. The van der Waals surface area contributed by atoms with Crippen molar-refractivity contribution in [2.75, 3.05) is 0 Å². The number of carboxylic acids is 1. The summed E-state index contributed by atoms with van der Waals surface area (Å²) in [7, 11) is 0. The molecule has 19 heavy (non-hydrogen) atoms. The SMILES string of the molecule is O=C(O)c1cccc(-c2ccc3c(c2)CCC3O)c1. The first-order chi connectivity index (χ1) is 9.15. The van der Waals surface area contributed by atoms with E-state index in [1.54, 1.807) is 18.2 Å². The fourth-order valence-corrected chi connectivity index (χ4v) is 2.61. The molecule has 0 aliphatic heterocycles. The smallest absolute Gasteiger partial charge is 0.335 e. The summed E-state index contributed by atoms with van der Waals surface area (Å²) in [6.07, 6.45) is 1.30. The van der Waals surface area contributed by atoms with Crippen LogP contribution in [-0.2, 0) is 6.42 Å². The molecule has 1 aliphatic rings. The van der Waals surface area contributed by atoms with Crippen LogP contribution in [0.25, 0.3) is 11.1 Å². The normalized spacial score (nSPS) is 17.2. The third-order valence-corrected chi connectivity index (χ3v) is 3.63. The van der Waals surface area contributed by atoms with E-state index in [9.17, 15) is 9.90 Å². The number of hydrogen-bond acceptors (Lipinski definition) is 2. The summed E-state index contributed by atoms with van der Waals surface area (Å²) in [6.45, 7) is 0. The molecule has 96 valence electrons. The first kappa shape index (κ1) is 11.9. The molecule has 1 atom stereocenters. The Kier molecular flexibility index (Phi) is 2.84. The van der Waals surface area contributed by atoms with Crippen molar-refractivity contribution in [2.45, 2.75) is 18.9 Å². The third kappa shape index (κ3) is 2.13. The molecule has 1 aliphatic carbocycles. The molecule has 0 amide bonds. The summed E-state index contributed by atoms with van der Waals surface area (Å²) in [4.78, 5) is 11.0. The van der Waals surface area contributed by atoms with Crippen LogP contribution in [0.3, 0.4) is 0 Å². The number of aromatic carboxylic acids is 1. The zero-order chi connectivity index (χ0) is 13.4. The maximum atomic E-state index is 11.0. The number of fused-ring (bicyclic) bond motifs is 1. The monoisotopic (exact) mass is 254 g/mol. The number of aryl methyl sites for hydroxylation is 1. The molecule has 2 aromatic rings. The number of hydrogen-bond donors (Lipinski definition) is 2. The van der Waals surface area contributed by atoms with Crippen molar-refractivity contribution < 1.29 is 15.0 Å². The van der Waals surface area contributed by atoms with Gasteiger partial charge in [0.2, 0.25) is 0 Å². The number of rotatable bonds is 2. The molecule has 0 heterocycles. The second-order valence-corrected chi connectivity index (χ2v) is 4.85. The van der Waals surface area contributed by atoms with Crippen molar-refractivity contribution in [2.24, 2.45) is 0 Å². The summed E-state index contributed by atoms with van der Waals surface area (Å²) in [6, 6.07) is 12.8.